The van der Waals surface area contributed by atoms with Gasteiger partial charge >= 0.3 is 0 Å². The zero-order valence-corrected chi connectivity index (χ0v) is 11.7. The number of nitrogens with zero attached hydrogens (tertiary/aromatic N) is 1. The average Bonchev–Trinajstić information content (AvgIpc) is 2.97. The van der Waals surface area contributed by atoms with Crippen molar-refractivity contribution in [1.82, 2.24) is 15.8 Å². The molecule has 1 atom stereocenters. The molecule has 2 heterocycles. The van der Waals surface area contributed by atoms with Crippen molar-refractivity contribution >= 4 is 5.91 Å². The Kier molecular flexibility index (Phi) is 4.21. The van der Waals surface area contributed by atoms with E-state index in [0.29, 0.717) is 13.2 Å². The van der Waals surface area contributed by atoms with E-state index in [1.54, 1.807) is 7.11 Å². The van der Waals surface area contributed by atoms with Gasteiger partial charge in [0.25, 0.3) is 0 Å². The van der Waals surface area contributed by atoms with Crippen LogP contribution in [-0.4, -0.2) is 36.9 Å². The summed E-state index contributed by atoms with van der Waals surface area (Å²) >= 11 is 0. The van der Waals surface area contributed by atoms with Crippen molar-refractivity contribution in [2.24, 2.45) is 0 Å². The molecule has 2 N–H and O–H groups in total. The van der Waals surface area contributed by atoms with Crippen molar-refractivity contribution in [1.29, 1.82) is 0 Å². The highest BCUT2D eigenvalue weighted by molar-refractivity contribution is 5.86. The van der Waals surface area contributed by atoms with Crippen LogP contribution in [0.2, 0.25) is 0 Å². The minimum Gasteiger partial charge on any atom is -0.382 e. The zero-order valence-electron chi connectivity index (χ0n) is 11.7. The van der Waals surface area contributed by atoms with Crippen molar-refractivity contribution in [3.8, 4) is 0 Å². The Hall–Kier alpha value is -1.40. The van der Waals surface area contributed by atoms with Crippen molar-refractivity contribution in [2.45, 2.75) is 38.8 Å². The van der Waals surface area contributed by atoms with E-state index in [9.17, 15) is 4.79 Å². The molecule has 0 bridgehead atoms. The second kappa shape index (κ2) is 5.71. The monoisotopic (exact) mass is 267 g/mol. The van der Waals surface area contributed by atoms with E-state index in [-0.39, 0.29) is 5.91 Å². The molecule has 106 valence electrons. The molecule has 0 radical (unpaired) electrons. The van der Waals surface area contributed by atoms with Crippen LogP contribution in [0.3, 0.4) is 0 Å². The van der Waals surface area contributed by atoms with Gasteiger partial charge in [-0.2, -0.15) is 0 Å². The van der Waals surface area contributed by atoms with Crippen LogP contribution >= 0.6 is 0 Å². The summed E-state index contributed by atoms with van der Waals surface area (Å²) in [6, 6.07) is 0. The minimum absolute atomic E-state index is 0.0214. The van der Waals surface area contributed by atoms with Crippen molar-refractivity contribution < 1.29 is 14.1 Å². The Labute approximate surface area is 112 Å². The number of methoxy groups -OCH3 is 1. The summed E-state index contributed by atoms with van der Waals surface area (Å²) in [6.45, 7) is 5.40. The molecule has 1 aliphatic rings. The molecule has 0 saturated carbocycles. The standard InChI is InChI=1S/C13H21N3O3/c1-9-11(10(2)19-16-9)7-14-12(17)13(8-18-3)5-4-6-15-13/h15H,4-8H2,1-3H3,(H,14,17). The predicted molar refractivity (Wildman–Crippen MR) is 69.7 cm³/mol. The highest BCUT2D eigenvalue weighted by Gasteiger charge is 2.40. The van der Waals surface area contributed by atoms with Gasteiger partial charge in [0.05, 0.1) is 12.3 Å². The number of rotatable bonds is 5. The molecule has 1 aromatic heterocycles. The maximum Gasteiger partial charge on any atom is 0.242 e. The summed E-state index contributed by atoms with van der Waals surface area (Å²) in [5.74, 6) is 0.727. The molecule has 0 aromatic carbocycles. The van der Waals surface area contributed by atoms with E-state index in [1.807, 2.05) is 13.8 Å². The van der Waals surface area contributed by atoms with Crippen LogP contribution in [-0.2, 0) is 16.1 Å². The number of hydrogen-bond acceptors (Lipinski definition) is 5. The maximum absolute atomic E-state index is 12.4. The van der Waals surface area contributed by atoms with Gasteiger partial charge in [-0.3, -0.25) is 4.79 Å². The summed E-state index contributed by atoms with van der Waals surface area (Å²) in [7, 11) is 1.61. The lowest BCUT2D eigenvalue weighted by Crippen LogP contribution is -2.56. The van der Waals surface area contributed by atoms with Gasteiger partial charge in [0.1, 0.15) is 11.3 Å². The first kappa shape index (κ1) is 14.0. The molecule has 1 amide bonds. The first-order chi connectivity index (χ1) is 9.09. The SMILES string of the molecule is COCC1(C(=O)NCc2c(C)noc2C)CCCN1. The molecule has 6 heteroatoms. The van der Waals surface area contributed by atoms with Gasteiger partial charge in [-0.15, -0.1) is 0 Å². The summed E-state index contributed by atoms with van der Waals surface area (Å²) < 4.78 is 10.3. The van der Waals surface area contributed by atoms with Crippen LogP contribution in [0.4, 0.5) is 0 Å². The van der Waals surface area contributed by atoms with Gasteiger partial charge in [-0.1, -0.05) is 5.16 Å². The number of carbonyl (C=O) groups excluding carboxylic acids is 1. The lowest BCUT2D eigenvalue weighted by Gasteiger charge is -2.27. The Morgan fingerprint density at radius 1 is 1.58 bits per heavy atom. The van der Waals surface area contributed by atoms with Crippen LogP contribution in [0.1, 0.15) is 29.9 Å². The number of nitrogens with one attached hydrogen (secondary N) is 2. The van der Waals surface area contributed by atoms with Gasteiger partial charge in [0.15, 0.2) is 0 Å². The lowest BCUT2D eigenvalue weighted by atomic mass is 9.97. The second-order valence-electron chi connectivity index (χ2n) is 5.03. The number of aromatic nitrogens is 1. The third-order valence-electron chi connectivity index (χ3n) is 3.68. The number of aryl methyl sites for hydroxylation is 2. The van der Waals surface area contributed by atoms with Crippen molar-refractivity contribution in [2.75, 3.05) is 20.3 Å². The molecule has 1 fully saturated rings. The van der Waals surface area contributed by atoms with Gasteiger partial charge in [-0.25, -0.2) is 0 Å². The normalized spacial score (nSPS) is 22.7. The van der Waals surface area contributed by atoms with Crippen LogP contribution in [0, 0.1) is 13.8 Å². The van der Waals surface area contributed by atoms with Gasteiger partial charge < -0.3 is 19.9 Å². The van der Waals surface area contributed by atoms with Crippen LogP contribution in [0.25, 0.3) is 0 Å². The van der Waals surface area contributed by atoms with E-state index >= 15 is 0 Å². The highest BCUT2D eigenvalue weighted by atomic mass is 16.5. The van der Waals surface area contributed by atoms with E-state index < -0.39 is 5.54 Å². The number of amides is 1. The van der Waals surface area contributed by atoms with Gasteiger partial charge in [0, 0.05) is 19.2 Å². The van der Waals surface area contributed by atoms with E-state index in [1.165, 1.54) is 0 Å². The van der Waals surface area contributed by atoms with Crippen LogP contribution in [0.5, 0.6) is 0 Å². The molecular formula is C13H21N3O3. The zero-order chi connectivity index (χ0) is 13.9. The fourth-order valence-corrected chi connectivity index (χ4v) is 2.53. The van der Waals surface area contributed by atoms with Crippen molar-refractivity contribution in [3.05, 3.63) is 17.0 Å². The Bertz CT molecular complexity index is 430. The molecule has 1 unspecified atom stereocenters. The Morgan fingerprint density at radius 2 is 2.37 bits per heavy atom. The predicted octanol–water partition coefficient (Wildman–Crippen LogP) is 0.676. The molecule has 1 aromatic rings. The lowest BCUT2D eigenvalue weighted by molar-refractivity contribution is -0.129. The molecule has 6 nitrogen and oxygen atoms in total. The number of ether oxygens (including phenoxy) is 1. The second-order valence-corrected chi connectivity index (χ2v) is 5.03. The molecule has 0 spiro atoms. The fraction of sp³-hybridized carbons (Fsp3) is 0.692. The summed E-state index contributed by atoms with van der Waals surface area (Å²) in [5.41, 5.74) is 1.17. The maximum atomic E-state index is 12.4. The van der Waals surface area contributed by atoms with Crippen LogP contribution < -0.4 is 10.6 Å². The first-order valence-corrected chi connectivity index (χ1v) is 6.53. The fourth-order valence-electron chi connectivity index (χ4n) is 2.53. The summed E-state index contributed by atoms with van der Waals surface area (Å²) in [5, 5.41) is 10.1. The van der Waals surface area contributed by atoms with Gasteiger partial charge in [-0.05, 0) is 33.2 Å². The quantitative estimate of drug-likeness (QED) is 0.820. The summed E-state index contributed by atoms with van der Waals surface area (Å²) in [6.07, 6.45) is 1.79. The molecule has 1 aliphatic heterocycles. The molecular weight excluding hydrogens is 246 g/mol. The average molecular weight is 267 g/mol. The molecule has 19 heavy (non-hydrogen) atoms. The minimum atomic E-state index is -0.590. The smallest absolute Gasteiger partial charge is 0.242 e. The third-order valence-corrected chi connectivity index (χ3v) is 3.68. The third kappa shape index (κ3) is 2.79. The Balaban J connectivity index is 2.00. The molecule has 0 aliphatic carbocycles. The van der Waals surface area contributed by atoms with Crippen LogP contribution in [0.15, 0.2) is 4.52 Å². The largest absolute Gasteiger partial charge is 0.382 e. The summed E-state index contributed by atoms with van der Waals surface area (Å²) in [4.78, 5) is 12.4. The highest BCUT2D eigenvalue weighted by Crippen LogP contribution is 2.20. The number of hydrogen-bond donors (Lipinski definition) is 2. The van der Waals surface area contributed by atoms with E-state index in [2.05, 4.69) is 15.8 Å². The van der Waals surface area contributed by atoms with Crippen molar-refractivity contribution in [3.63, 3.8) is 0 Å². The van der Waals surface area contributed by atoms with Gasteiger partial charge in [0.2, 0.25) is 5.91 Å². The number of carbonyl (C=O) groups is 1. The topological polar surface area (TPSA) is 76.4 Å². The Morgan fingerprint density at radius 3 is 2.89 bits per heavy atom. The molecule has 2 rings (SSSR count). The first-order valence-electron chi connectivity index (χ1n) is 6.53. The molecule has 1 saturated heterocycles. The van der Waals surface area contributed by atoms with E-state index in [4.69, 9.17) is 9.26 Å². The van der Waals surface area contributed by atoms with E-state index in [0.717, 1.165) is 36.4 Å².